The third-order valence-corrected chi connectivity index (χ3v) is 3.43. The van der Waals surface area contributed by atoms with Gasteiger partial charge in [-0.15, -0.1) is 0 Å². The first-order valence-electron chi connectivity index (χ1n) is 7.03. The Labute approximate surface area is 132 Å². The number of methoxy groups -OCH3 is 1. The van der Waals surface area contributed by atoms with Gasteiger partial charge in [-0.1, -0.05) is 6.07 Å². The topological polar surface area (TPSA) is 72.6 Å². The maximum Gasteiger partial charge on any atom is 0.362 e. The van der Waals surface area contributed by atoms with Gasteiger partial charge in [-0.05, 0) is 48.9 Å². The number of nitrogens with zero attached hydrogens (tertiary/aromatic N) is 1. The minimum absolute atomic E-state index is 0.0506. The Morgan fingerprint density at radius 3 is 2.65 bits per heavy atom. The highest BCUT2D eigenvalue weighted by Gasteiger charge is 2.08. The van der Waals surface area contributed by atoms with Gasteiger partial charge in [0.05, 0.1) is 7.11 Å². The van der Waals surface area contributed by atoms with Gasteiger partial charge < -0.3 is 14.3 Å². The highest BCUT2D eigenvalue weighted by Crippen LogP contribution is 2.19. The van der Waals surface area contributed by atoms with E-state index in [1.54, 1.807) is 43.5 Å². The average Bonchev–Trinajstić information content (AvgIpc) is 2.55. The van der Waals surface area contributed by atoms with E-state index in [4.69, 9.17) is 9.15 Å². The van der Waals surface area contributed by atoms with Crippen molar-refractivity contribution < 1.29 is 14.3 Å². The summed E-state index contributed by atoms with van der Waals surface area (Å²) < 4.78 is 10.3. The fourth-order valence-corrected chi connectivity index (χ4v) is 2.19. The third kappa shape index (κ3) is 3.08. The van der Waals surface area contributed by atoms with E-state index in [0.717, 1.165) is 5.56 Å². The number of aryl methyl sites for hydroxylation is 1. The number of benzene rings is 2. The van der Waals surface area contributed by atoms with Crippen molar-refractivity contribution in [3.63, 3.8) is 0 Å². The average molecular weight is 309 g/mol. The summed E-state index contributed by atoms with van der Waals surface area (Å²) in [4.78, 5) is 16.3. The zero-order valence-electron chi connectivity index (χ0n) is 12.7. The normalized spacial score (nSPS) is 11.7. The number of fused-ring (bicyclic) bond motifs is 1. The minimum atomic E-state index is -0.594. The zero-order valence-corrected chi connectivity index (χ0v) is 12.7. The van der Waals surface area contributed by atoms with Crippen molar-refractivity contribution in [3.05, 3.63) is 69.7 Å². The molecule has 23 heavy (non-hydrogen) atoms. The van der Waals surface area contributed by atoms with Crippen molar-refractivity contribution in [2.45, 2.75) is 6.92 Å². The lowest BCUT2D eigenvalue weighted by atomic mass is 10.1. The number of ether oxygens (including phenoxy) is 1. The highest BCUT2D eigenvalue weighted by atomic mass is 16.5. The van der Waals surface area contributed by atoms with E-state index in [1.807, 2.05) is 13.0 Å². The number of aliphatic hydroxyl groups is 1. The Balaban J connectivity index is 2.03. The van der Waals surface area contributed by atoms with Crippen molar-refractivity contribution in [1.29, 1.82) is 0 Å². The molecule has 1 aromatic heterocycles. The number of rotatable bonds is 3. The van der Waals surface area contributed by atoms with Crippen LogP contribution in [0.15, 0.2) is 51.7 Å². The van der Waals surface area contributed by atoms with E-state index in [0.29, 0.717) is 22.4 Å². The number of aliphatic hydroxyl groups excluding tert-OH is 1. The summed E-state index contributed by atoms with van der Waals surface area (Å²) in [5, 5.41) is 10.2. The summed E-state index contributed by atoms with van der Waals surface area (Å²) >= 11 is 0. The first kappa shape index (κ1) is 14.8. The van der Waals surface area contributed by atoms with Crippen LogP contribution in [-0.2, 0) is 0 Å². The maximum absolute atomic E-state index is 12.0. The smallest absolute Gasteiger partial charge is 0.362 e. The Hall–Kier alpha value is -3.08. The summed E-state index contributed by atoms with van der Waals surface area (Å²) in [7, 11) is 1.57. The van der Waals surface area contributed by atoms with Gasteiger partial charge in [-0.2, -0.15) is 0 Å². The highest BCUT2D eigenvalue weighted by molar-refractivity contribution is 5.78. The van der Waals surface area contributed by atoms with Crippen LogP contribution < -0.4 is 10.4 Å². The van der Waals surface area contributed by atoms with Crippen LogP contribution in [0.25, 0.3) is 22.9 Å². The van der Waals surface area contributed by atoms with Crippen LogP contribution in [-0.4, -0.2) is 17.2 Å². The summed E-state index contributed by atoms with van der Waals surface area (Å²) in [6.45, 7) is 1.91. The van der Waals surface area contributed by atoms with Crippen molar-refractivity contribution in [2.75, 3.05) is 7.11 Å². The van der Waals surface area contributed by atoms with Gasteiger partial charge in [0.25, 0.3) is 0 Å². The molecule has 0 aliphatic rings. The molecule has 3 aromatic rings. The zero-order chi connectivity index (χ0) is 16.4. The summed E-state index contributed by atoms with van der Waals surface area (Å²) in [5.41, 5.74) is 1.97. The van der Waals surface area contributed by atoms with E-state index in [1.165, 1.54) is 6.08 Å². The molecule has 0 aliphatic heterocycles. The van der Waals surface area contributed by atoms with Crippen molar-refractivity contribution in [2.24, 2.45) is 0 Å². The van der Waals surface area contributed by atoms with E-state index in [9.17, 15) is 9.90 Å². The lowest BCUT2D eigenvalue weighted by Crippen LogP contribution is -2.06. The van der Waals surface area contributed by atoms with Crippen molar-refractivity contribution >= 4 is 22.9 Å². The first-order chi connectivity index (χ1) is 11.1. The van der Waals surface area contributed by atoms with Gasteiger partial charge in [-0.25, -0.2) is 9.78 Å². The lowest BCUT2D eigenvalue weighted by Gasteiger charge is -2.03. The molecule has 0 saturated carbocycles. The number of aromatic nitrogens is 1. The van der Waals surface area contributed by atoms with E-state index < -0.39 is 5.63 Å². The van der Waals surface area contributed by atoms with Gasteiger partial charge >= 0.3 is 5.63 Å². The molecule has 0 radical (unpaired) electrons. The molecular formula is C18H15NO4. The van der Waals surface area contributed by atoms with Gasteiger partial charge in [0.1, 0.15) is 17.0 Å². The summed E-state index contributed by atoms with van der Waals surface area (Å²) in [6.07, 6.45) is 1.30. The SMILES string of the molecule is COc1ccc(/C(O)=C/c2nc3ccc(C)cc3oc2=O)cc1. The Bertz CT molecular complexity index is 939. The second-order valence-corrected chi connectivity index (χ2v) is 5.12. The van der Waals surface area contributed by atoms with Crippen molar-refractivity contribution in [1.82, 2.24) is 4.98 Å². The monoisotopic (exact) mass is 309 g/mol. The molecule has 5 nitrogen and oxygen atoms in total. The summed E-state index contributed by atoms with van der Waals surface area (Å²) in [5.74, 6) is 0.610. The van der Waals surface area contributed by atoms with Gasteiger partial charge in [0.2, 0.25) is 0 Å². The molecule has 0 fully saturated rings. The van der Waals surface area contributed by atoms with Crippen LogP contribution in [0.3, 0.4) is 0 Å². The van der Waals surface area contributed by atoms with Gasteiger partial charge in [-0.3, -0.25) is 0 Å². The summed E-state index contributed by atoms with van der Waals surface area (Å²) in [6, 6.07) is 12.2. The maximum atomic E-state index is 12.0. The Morgan fingerprint density at radius 2 is 1.96 bits per heavy atom. The lowest BCUT2D eigenvalue weighted by molar-refractivity contribution is 0.414. The fraction of sp³-hybridized carbons (Fsp3) is 0.111. The Kier molecular flexibility index (Phi) is 3.85. The standard InChI is InChI=1S/C18H15NO4/c1-11-3-8-14-17(9-11)23-18(21)15(19-14)10-16(20)12-4-6-13(22-2)7-5-12/h3-10,20H,1-2H3/b16-10-. The molecule has 0 spiro atoms. The van der Waals surface area contributed by atoms with E-state index in [-0.39, 0.29) is 11.5 Å². The molecule has 0 aliphatic carbocycles. The molecule has 1 N–H and O–H groups in total. The molecular weight excluding hydrogens is 294 g/mol. The van der Waals surface area contributed by atoms with Crippen LogP contribution in [0.2, 0.25) is 0 Å². The molecule has 5 heteroatoms. The minimum Gasteiger partial charge on any atom is -0.507 e. The molecule has 0 atom stereocenters. The molecule has 116 valence electrons. The van der Waals surface area contributed by atoms with Gasteiger partial charge in [0, 0.05) is 11.6 Å². The first-order valence-corrected chi connectivity index (χ1v) is 7.03. The van der Waals surface area contributed by atoms with E-state index in [2.05, 4.69) is 4.98 Å². The van der Waals surface area contributed by atoms with Crippen molar-refractivity contribution in [3.8, 4) is 5.75 Å². The molecule has 3 rings (SSSR count). The second-order valence-electron chi connectivity index (χ2n) is 5.12. The van der Waals surface area contributed by atoms with Crippen LogP contribution in [0.1, 0.15) is 16.8 Å². The molecule has 0 bridgehead atoms. The number of hydrogen-bond donors (Lipinski definition) is 1. The fourth-order valence-electron chi connectivity index (χ4n) is 2.19. The largest absolute Gasteiger partial charge is 0.507 e. The van der Waals surface area contributed by atoms with Crippen LogP contribution in [0, 0.1) is 6.92 Å². The van der Waals surface area contributed by atoms with Crippen LogP contribution in [0.5, 0.6) is 5.75 Å². The predicted octanol–water partition coefficient (Wildman–Crippen LogP) is 3.56. The third-order valence-electron chi connectivity index (χ3n) is 3.43. The molecule has 1 heterocycles. The predicted molar refractivity (Wildman–Crippen MR) is 88.5 cm³/mol. The Morgan fingerprint density at radius 1 is 1.22 bits per heavy atom. The van der Waals surface area contributed by atoms with E-state index >= 15 is 0 Å². The molecule has 0 saturated heterocycles. The quantitative estimate of drug-likeness (QED) is 0.749. The molecule has 2 aromatic carbocycles. The molecule has 0 unspecified atom stereocenters. The van der Waals surface area contributed by atoms with Gasteiger partial charge in [0.15, 0.2) is 11.3 Å². The second kappa shape index (κ2) is 5.96. The van der Waals surface area contributed by atoms with Crippen LogP contribution >= 0.6 is 0 Å². The van der Waals surface area contributed by atoms with Crippen LogP contribution in [0.4, 0.5) is 0 Å². The molecule has 0 amide bonds. The number of hydrogen-bond acceptors (Lipinski definition) is 5.